The molecule has 38 heavy (non-hydrogen) atoms. The molecule has 1 saturated heterocycles. The van der Waals surface area contributed by atoms with Crippen molar-refractivity contribution in [2.24, 2.45) is 5.92 Å². The van der Waals surface area contributed by atoms with E-state index in [9.17, 15) is 9.59 Å². The van der Waals surface area contributed by atoms with Crippen molar-refractivity contribution in [3.63, 3.8) is 0 Å². The van der Waals surface area contributed by atoms with E-state index in [1.807, 2.05) is 96.1 Å². The zero-order chi connectivity index (χ0) is 27.5. The molecule has 1 N–H and O–H groups in total. The maximum absolute atomic E-state index is 14.0. The third-order valence-electron chi connectivity index (χ3n) is 8.24. The number of carbonyl (C=O) groups excluding carboxylic acids is 2. The van der Waals surface area contributed by atoms with E-state index >= 15 is 0 Å². The van der Waals surface area contributed by atoms with Crippen LogP contribution in [0.5, 0.6) is 0 Å². The first-order valence-electron chi connectivity index (χ1n) is 14.1. The number of rotatable bonds is 8. The molecule has 4 rings (SSSR count). The summed E-state index contributed by atoms with van der Waals surface area (Å²) in [6.45, 7) is 12.2. The van der Waals surface area contributed by atoms with Crippen LogP contribution in [-0.2, 0) is 25.4 Å². The molecule has 2 aromatic carbocycles. The Hall–Kier alpha value is -2.64. The molecule has 1 aliphatic heterocycles. The first-order valence-corrected chi connectivity index (χ1v) is 14.1. The second-order valence-corrected chi connectivity index (χ2v) is 12.1. The number of hydrogen-bond acceptors (Lipinski definition) is 4. The Morgan fingerprint density at radius 1 is 0.947 bits per heavy atom. The van der Waals surface area contributed by atoms with Gasteiger partial charge in [-0.3, -0.25) is 9.59 Å². The van der Waals surface area contributed by atoms with Gasteiger partial charge in [-0.05, 0) is 57.1 Å². The highest BCUT2D eigenvalue weighted by Crippen LogP contribution is 2.37. The van der Waals surface area contributed by atoms with E-state index in [0.29, 0.717) is 6.54 Å². The number of hydrogen-bond donors (Lipinski definition) is 1. The number of amides is 2. The minimum absolute atomic E-state index is 0.0568. The predicted octanol–water partition coefficient (Wildman–Crippen LogP) is 5.16. The fourth-order valence-corrected chi connectivity index (χ4v) is 5.26. The molecule has 1 unspecified atom stereocenters. The lowest BCUT2D eigenvalue weighted by Gasteiger charge is -2.34. The van der Waals surface area contributed by atoms with Gasteiger partial charge in [0.25, 0.3) is 0 Å². The molecule has 0 radical (unpaired) electrons. The molecule has 1 saturated carbocycles. The summed E-state index contributed by atoms with van der Waals surface area (Å²) in [5, 5.41) is 3.30. The van der Waals surface area contributed by atoms with E-state index in [0.717, 1.165) is 42.3 Å². The molecular formula is C31H43BN2O4. The Morgan fingerprint density at radius 2 is 1.58 bits per heavy atom. The van der Waals surface area contributed by atoms with Crippen molar-refractivity contribution in [1.82, 2.24) is 10.2 Å². The Bertz CT molecular complexity index is 1100. The van der Waals surface area contributed by atoms with E-state index < -0.39 is 24.4 Å². The van der Waals surface area contributed by atoms with Gasteiger partial charge in [-0.2, -0.15) is 0 Å². The predicted molar refractivity (Wildman–Crippen MR) is 152 cm³/mol. The number of carbonyl (C=O) groups is 2. The summed E-state index contributed by atoms with van der Waals surface area (Å²) in [6, 6.07) is 17.0. The van der Waals surface area contributed by atoms with Gasteiger partial charge in [0, 0.05) is 18.5 Å². The van der Waals surface area contributed by atoms with Gasteiger partial charge in [-0.25, -0.2) is 0 Å². The quantitative estimate of drug-likeness (QED) is 0.491. The topological polar surface area (TPSA) is 67.9 Å². The van der Waals surface area contributed by atoms with Crippen LogP contribution >= 0.6 is 0 Å². The first kappa shape index (κ1) is 28.4. The zero-order valence-electron chi connectivity index (χ0n) is 23.8. The van der Waals surface area contributed by atoms with Gasteiger partial charge in [-0.1, -0.05) is 87.7 Å². The monoisotopic (exact) mass is 518 g/mol. The molecule has 2 aromatic rings. The van der Waals surface area contributed by atoms with E-state index in [2.05, 4.69) is 5.32 Å². The number of nitrogens with zero attached hydrogens (tertiary/aromatic N) is 1. The van der Waals surface area contributed by atoms with Crippen molar-refractivity contribution in [2.45, 2.75) is 103 Å². The summed E-state index contributed by atoms with van der Waals surface area (Å²) in [6.07, 6.45) is 5.39. The van der Waals surface area contributed by atoms with Crippen LogP contribution in [-0.4, -0.2) is 41.1 Å². The normalized spacial score (nSPS) is 19.8. The Kier molecular flexibility index (Phi) is 8.68. The number of benzene rings is 2. The van der Waals surface area contributed by atoms with Gasteiger partial charge < -0.3 is 19.5 Å². The maximum Gasteiger partial charge on any atom is 0.494 e. The smallest absolute Gasteiger partial charge is 0.399 e. The van der Waals surface area contributed by atoms with E-state index in [4.69, 9.17) is 9.31 Å². The lowest BCUT2D eigenvalue weighted by molar-refractivity contribution is -0.144. The SMILES string of the molecule is CC(C)C(=O)N(Cc1ccccc1)C(C(=O)NC1CCCCC1)c1cccc(B2OC(C)(C)C(C)(C)O2)c1. The highest BCUT2D eigenvalue weighted by molar-refractivity contribution is 6.62. The van der Waals surface area contributed by atoms with Gasteiger partial charge in [0.2, 0.25) is 11.8 Å². The molecule has 2 amide bonds. The van der Waals surface area contributed by atoms with Crippen LogP contribution in [0.25, 0.3) is 0 Å². The van der Waals surface area contributed by atoms with Crippen LogP contribution in [0, 0.1) is 5.92 Å². The summed E-state index contributed by atoms with van der Waals surface area (Å²) in [7, 11) is -0.551. The lowest BCUT2D eigenvalue weighted by atomic mass is 9.77. The van der Waals surface area contributed by atoms with Gasteiger partial charge in [0.15, 0.2) is 0 Å². The summed E-state index contributed by atoms with van der Waals surface area (Å²) in [5.74, 6) is -0.443. The molecule has 1 heterocycles. The molecule has 0 aromatic heterocycles. The molecular weight excluding hydrogens is 475 g/mol. The average molecular weight is 519 g/mol. The second kappa shape index (κ2) is 11.6. The molecule has 7 heteroatoms. The van der Waals surface area contributed by atoms with Crippen LogP contribution < -0.4 is 10.8 Å². The van der Waals surface area contributed by atoms with Crippen LogP contribution in [0.3, 0.4) is 0 Å². The van der Waals surface area contributed by atoms with Crippen LogP contribution in [0.1, 0.15) is 90.8 Å². The molecule has 6 nitrogen and oxygen atoms in total. The highest BCUT2D eigenvalue weighted by atomic mass is 16.7. The standard InChI is InChI=1S/C31H43BN2O4/c1-22(2)29(36)34(21-23-14-9-7-10-15-23)27(28(35)33-26-18-11-8-12-19-26)24-16-13-17-25(20-24)32-37-30(3,4)31(5,6)38-32/h7,9-10,13-17,20,22,26-27H,8,11-12,18-19,21H2,1-6H3,(H,33,35). The van der Waals surface area contributed by atoms with E-state index in [-0.39, 0.29) is 23.8 Å². The fourth-order valence-electron chi connectivity index (χ4n) is 5.26. The van der Waals surface area contributed by atoms with Crippen molar-refractivity contribution in [3.8, 4) is 0 Å². The second-order valence-electron chi connectivity index (χ2n) is 12.1. The van der Waals surface area contributed by atoms with Gasteiger partial charge in [0.05, 0.1) is 11.2 Å². The fraction of sp³-hybridized carbons (Fsp3) is 0.548. The van der Waals surface area contributed by atoms with Crippen LogP contribution in [0.2, 0.25) is 0 Å². The minimum Gasteiger partial charge on any atom is -0.399 e. The lowest BCUT2D eigenvalue weighted by Crippen LogP contribution is -2.48. The highest BCUT2D eigenvalue weighted by Gasteiger charge is 2.51. The van der Waals surface area contributed by atoms with Crippen molar-refractivity contribution in [2.75, 3.05) is 0 Å². The van der Waals surface area contributed by atoms with Crippen LogP contribution in [0.4, 0.5) is 0 Å². The van der Waals surface area contributed by atoms with Gasteiger partial charge in [-0.15, -0.1) is 0 Å². The number of nitrogens with one attached hydrogen (secondary N) is 1. The first-order chi connectivity index (χ1) is 18.0. The molecule has 204 valence electrons. The minimum atomic E-state index is -0.769. The van der Waals surface area contributed by atoms with Gasteiger partial charge >= 0.3 is 7.12 Å². The van der Waals surface area contributed by atoms with Crippen molar-refractivity contribution >= 4 is 24.4 Å². The molecule has 0 spiro atoms. The third-order valence-corrected chi connectivity index (χ3v) is 8.24. The van der Waals surface area contributed by atoms with E-state index in [1.54, 1.807) is 4.90 Å². The van der Waals surface area contributed by atoms with Crippen molar-refractivity contribution < 1.29 is 18.9 Å². The summed E-state index contributed by atoms with van der Waals surface area (Å²) >= 11 is 0. The molecule has 1 atom stereocenters. The Labute approximate surface area is 228 Å². The molecule has 2 fully saturated rings. The Balaban J connectivity index is 1.72. The van der Waals surface area contributed by atoms with Crippen LogP contribution in [0.15, 0.2) is 54.6 Å². The summed E-state index contributed by atoms with van der Waals surface area (Å²) in [5.41, 5.74) is 1.64. The van der Waals surface area contributed by atoms with E-state index in [1.165, 1.54) is 6.42 Å². The zero-order valence-corrected chi connectivity index (χ0v) is 23.8. The summed E-state index contributed by atoms with van der Waals surface area (Å²) < 4.78 is 12.6. The molecule has 0 bridgehead atoms. The van der Waals surface area contributed by atoms with Gasteiger partial charge in [0.1, 0.15) is 6.04 Å². The van der Waals surface area contributed by atoms with Crippen molar-refractivity contribution in [3.05, 3.63) is 65.7 Å². The maximum atomic E-state index is 14.0. The largest absolute Gasteiger partial charge is 0.494 e. The Morgan fingerprint density at radius 3 is 2.18 bits per heavy atom. The third kappa shape index (κ3) is 6.32. The summed E-state index contributed by atoms with van der Waals surface area (Å²) in [4.78, 5) is 29.4. The molecule has 1 aliphatic carbocycles. The van der Waals surface area contributed by atoms with Crippen molar-refractivity contribution in [1.29, 1.82) is 0 Å². The average Bonchev–Trinajstić information content (AvgIpc) is 3.11. The molecule has 2 aliphatic rings.